The molecule has 3 aromatic carbocycles. The smallest absolute Gasteiger partial charge is 0.407 e. The number of hydrogen-bond acceptors (Lipinski definition) is 4. The molecule has 6 nitrogen and oxygen atoms in total. The van der Waals surface area contributed by atoms with Crippen LogP contribution in [0, 0.1) is 24.2 Å². The molecule has 0 atom stereocenters. The van der Waals surface area contributed by atoms with E-state index in [4.69, 9.17) is 16.3 Å². The van der Waals surface area contributed by atoms with Crippen LogP contribution < -0.4 is 5.32 Å². The largest absolute Gasteiger partial charge is 0.444 e. The van der Waals surface area contributed by atoms with E-state index in [0.717, 1.165) is 79.1 Å². The van der Waals surface area contributed by atoms with Crippen molar-refractivity contribution in [2.75, 3.05) is 19.6 Å². The number of nitriles is 1. The molecule has 5 rings (SSSR count). The minimum atomic E-state index is -0.521. The van der Waals surface area contributed by atoms with Crippen LogP contribution in [0.15, 0.2) is 66.9 Å². The van der Waals surface area contributed by atoms with Gasteiger partial charge in [0.05, 0.1) is 11.6 Å². The van der Waals surface area contributed by atoms with Crippen molar-refractivity contribution in [3.63, 3.8) is 0 Å². The van der Waals surface area contributed by atoms with Crippen molar-refractivity contribution in [3.05, 3.63) is 94.1 Å². The Bertz CT molecular complexity index is 1650. The maximum atomic E-state index is 12.1. The Kier molecular flexibility index (Phi) is 9.98. The number of fused-ring (bicyclic) bond motifs is 1. The van der Waals surface area contributed by atoms with Crippen molar-refractivity contribution in [2.24, 2.45) is 5.92 Å². The first kappa shape index (κ1) is 31.6. The highest BCUT2D eigenvalue weighted by Gasteiger charge is 2.22. The number of alkyl carbamates (subject to hydrolysis) is 1. The maximum Gasteiger partial charge on any atom is 0.407 e. The van der Waals surface area contributed by atoms with Gasteiger partial charge < -0.3 is 14.6 Å². The third-order valence-corrected chi connectivity index (χ3v) is 8.73. The van der Waals surface area contributed by atoms with E-state index in [1.807, 2.05) is 45.9 Å². The summed E-state index contributed by atoms with van der Waals surface area (Å²) in [6.45, 7) is 11.9. The molecule has 0 unspecified atom stereocenters. The number of benzene rings is 3. The second kappa shape index (κ2) is 13.9. The Morgan fingerprint density at radius 3 is 2.57 bits per heavy atom. The fourth-order valence-corrected chi connectivity index (χ4v) is 6.36. The summed E-state index contributed by atoms with van der Waals surface area (Å²) < 4.78 is 7.62. The summed E-state index contributed by atoms with van der Waals surface area (Å²) in [5.41, 5.74) is 6.94. The standard InChI is InChI=1S/C37H43ClN4O2/c1-26-10-12-31(30(20-26)23-39)33-25-42(17-7-16-40-36(43)44-37(2,3)4)35-13-11-28(22-32(33)35)21-27-14-18-41(19-15-27)24-29-8-5-6-9-34(29)38/h5-6,8-13,20,22,25,27H,7,14-19,21,24H2,1-4H3,(H,40,43). The molecule has 0 bridgehead atoms. The number of amides is 1. The van der Waals surface area contributed by atoms with Crippen LogP contribution in [-0.2, 0) is 24.2 Å². The number of carbonyl (C=O) groups is 1. The van der Waals surface area contributed by atoms with Gasteiger partial charge in [-0.05, 0) is 113 Å². The van der Waals surface area contributed by atoms with Crippen LogP contribution in [0.5, 0.6) is 0 Å². The van der Waals surface area contributed by atoms with Gasteiger partial charge in [0, 0.05) is 52.9 Å². The van der Waals surface area contributed by atoms with Gasteiger partial charge in [0.1, 0.15) is 5.60 Å². The van der Waals surface area contributed by atoms with Gasteiger partial charge in [0.2, 0.25) is 0 Å². The molecule has 4 aromatic rings. The van der Waals surface area contributed by atoms with E-state index < -0.39 is 11.7 Å². The zero-order valence-corrected chi connectivity index (χ0v) is 27.1. The van der Waals surface area contributed by atoms with Crippen LogP contribution in [0.2, 0.25) is 5.02 Å². The van der Waals surface area contributed by atoms with Crippen LogP contribution in [0.4, 0.5) is 4.79 Å². The second-order valence-electron chi connectivity index (χ2n) is 13.0. The molecule has 0 aliphatic carbocycles. The van der Waals surface area contributed by atoms with Crippen LogP contribution in [-0.4, -0.2) is 40.8 Å². The molecule has 1 fully saturated rings. The SMILES string of the molecule is Cc1ccc(-c2cn(CCCNC(=O)OC(C)(C)C)c3ccc(CC4CCN(Cc5ccccc5Cl)CC4)cc23)c(C#N)c1. The van der Waals surface area contributed by atoms with Crippen LogP contribution in [0.25, 0.3) is 22.0 Å². The molecule has 1 amide bonds. The van der Waals surface area contributed by atoms with Gasteiger partial charge in [-0.1, -0.05) is 48.0 Å². The van der Waals surface area contributed by atoms with E-state index in [9.17, 15) is 10.1 Å². The predicted octanol–water partition coefficient (Wildman–Crippen LogP) is 8.51. The fraction of sp³-hybridized carbons (Fsp3) is 0.405. The van der Waals surface area contributed by atoms with Gasteiger partial charge >= 0.3 is 6.09 Å². The number of hydrogen-bond donors (Lipinski definition) is 1. The summed E-state index contributed by atoms with van der Waals surface area (Å²) in [7, 11) is 0. The van der Waals surface area contributed by atoms with Crippen LogP contribution >= 0.6 is 11.6 Å². The first-order chi connectivity index (χ1) is 21.1. The highest BCUT2D eigenvalue weighted by Crippen LogP contribution is 2.35. The quantitative estimate of drug-likeness (QED) is 0.193. The third-order valence-electron chi connectivity index (χ3n) is 8.36. The molecule has 7 heteroatoms. The molecule has 1 aliphatic rings. The molecular weight excluding hydrogens is 568 g/mol. The van der Waals surface area contributed by atoms with E-state index in [1.165, 1.54) is 16.5 Å². The molecule has 2 heterocycles. The summed E-state index contributed by atoms with van der Waals surface area (Å²) in [6.07, 6.45) is 5.90. The zero-order valence-electron chi connectivity index (χ0n) is 26.3. The Morgan fingerprint density at radius 1 is 1.07 bits per heavy atom. The predicted molar refractivity (Wildman–Crippen MR) is 179 cm³/mol. The number of aromatic nitrogens is 1. The summed E-state index contributed by atoms with van der Waals surface area (Å²) in [6, 6.07) is 23.5. The molecule has 0 radical (unpaired) electrons. The van der Waals surface area contributed by atoms with E-state index in [1.54, 1.807) is 0 Å². The van der Waals surface area contributed by atoms with Crippen molar-refractivity contribution >= 4 is 28.6 Å². The third kappa shape index (κ3) is 8.02. The molecule has 0 saturated carbocycles. The molecular formula is C37H43ClN4O2. The number of piperidine rings is 1. The number of likely N-dealkylation sites (tertiary alicyclic amines) is 1. The van der Waals surface area contributed by atoms with E-state index in [0.29, 0.717) is 18.0 Å². The molecule has 1 aromatic heterocycles. The number of carbonyl (C=O) groups excluding carboxylic acids is 1. The topological polar surface area (TPSA) is 70.3 Å². The Morgan fingerprint density at radius 2 is 1.84 bits per heavy atom. The average Bonchev–Trinajstić information content (AvgIpc) is 3.34. The minimum Gasteiger partial charge on any atom is -0.444 e. The molecule has 1 saturated heterocycles. The monoisotopic (exact) mass is 610 g/mol. The van der Waals surface area contributed by atoms with Gasteiger partial charge in [0.15, 0.2) is 0 Å². The summed E-state index contributed by atoms with van der Waals surface area (Å²) >= 11 is 6.41. The highest BCUT2D eigenvalue weighted by molar-refractivity contribution is 6.31. The molecule has 0 spiro atoms. The van der Waals surface area contributed by atoms with Crippen molar-refractivity contribution < 1.29 is 9.53 Å². The van der Waals surface area contributed by atoms with E-state index >= 15 is 0 Å². The zero-order chi connectivity index (χ0) is 31.3. The van der Waals surface area contributed by atoms with Gasteiger partial charge in [-0.3, -0.25) is 4.90 Å². The lowest BCUT2D eigenvalue weighted by Gasteiger charge is -2.32. The average molecular weight is 611 g/mol. The maximum absolute atomic E-state index is 12.1. The number of ether oxygens (including phenoxy) is 1. The number of nitrogens with one attached hydrogen (secondary N) is 1. The van der Waals surface area contributed by atoms with Gasteiger partial charge in [-0.15, -0.1) is 0 Å². The lowest BCUT2D eigenvalue weighted by atomic mass is 9.89. The highest BCUT2D eigenvalue weighted by atomic mass is 35.5. The molecule has 44 heavy (non-hydrogen) atoms. The van der Waals surface area contributed by atoms with Gasteiger partial charge in [0.25, 0.3) is 0 Å². The lowest BCUT2D eigenvalue weighted by molar-refractivity contribution is 0.0526. The van der Waals surface area contributed by atoms with Gasteiger partial charge in [-0.25, -0.2) is 4.79 Å². The Hall–Kier alpha value is -3.79. The number of rotatable bonds is 9. The number of aryl methyl sites for hydroxylation is 2. The van der Waals surface area contributed by atoms with E-state index in [-0.39, 0.29) is 0 Å². The summed E-state index contributed by atoms with van der Waals surface area (Å²) in [5, 5.41) is 14.8. The van der Waals surface area contributed by atoms with Crippen molar-refractivity contribution in [2.45, 2.75) is 72.1 Å². The molecule has 1 aliphatic heterocycles. The first-order valence-electron chi connectivity index (χ1n) is 15.6. The molecule has 1 N–H and O–H groups in total. The number of halogens is 1. The van der Waals surface area contributed by atoms with Crippen molar-refractivity contribution in [1.82, 2.24) is 14.8 Å². The summed E-state index contributed by atoms with van der Waals surface area (Å²) in [5.74, 6) is 0.633. The summed E-state index contributed by atoms with van der Waals surface area (Å²) in [4.78, 5) is 14.6. The van der Waals surface area contributed by atoms with E-state index in [2.05, 4.69) is 69.5 Å². The lowest BCUT2D eigenvalue weighted by Crippen LogP contribution is -2.33. The Balaban J connectivity index is 1.31. The first-order valence-corrected chi connectivity index (χ1v) is 16.0. The second-order valence-corrected chi connectivity index (χ2v) is 13.5. The number of nitrogens with zero attached hydrogens (tertiary/aromatic N) is 3. The van der Waals surface area contributed by atoms with Crippen molar-refractivity contribution in [1.29, 1.82) is 5.26 Å². The Labute approximate surface area is 266 Å². The molecule has 230 valence electrons. The normalized spacial score (nSPS) is 14.5. The van der Waals surface area contributed by atoms with Gasteiger partial charge in [-0.2, -0.15) is 5.26 Å². The fourth-order valence-electron chi connectivity index (χ4n) is 6.16. The van der Waals surface area contributed by atoms with Crippen LogP contribution in [0.3, 0.4) is 0 Å². The van der Waals surface area contributed by atoms with Crippen molar-refractivity contribution in [3.8, 4) is 17.2 Å². The van der Waals surface area contributed by atoms with Crippen LogP contribution in [0.1, 0.15) is 62.3 Å². The minimum absolute atomic E-state index is 0.395.